The van der Waals surface area contributed by atoms with E-state index >= 15 is 0 Å². The molecule has 3 heterocycles. The monoisotopic (exact) mass is 526 g/mol. The fourth-order valence-electron chi connectivity index (χ4n) is 4.29. The van der Waals surface area contributed by atoms with Crippen LogP contribution in [0.15, 0.2) is 41.1 Å². The number of ether oxygens (including phenoxy) is 2. The van der Waals surface area contributed by atoms with Crippen LogP contribution in [0.4, 0.5) is 0 Å². The first-order chi connectivity index (χ1) is 16.0. The van der Waals surface area contributed by atoms with E-state index in [0.29, 0.717) is 11.3 Å². The van der Waals surface area contributed by atoms with Gasteiger partial charge in [-0.3, -0.25) is 14.4 Å². The number of carboxylic acids is 1. The van der Waals surface area contributed by atoms with E-state index in [1.54, 1.807) is 61.9 Å². The second kappa shape index (κ2) is 10.2. The van der Waals surface area contributed by atoms with Crippen molar-refractivity contribution in [3.05, 3.63) is 52.2 Å². The van der Waals surface area contributed by atoms with E-state index < -0.39 is 51.6 Å². The van der Waals surface area contributed by atoms with Crippen molar-refractivity contribution in [2.45, 2.75) is 48.6 Å². The Morgan fingerprint density at radius 2 is 1.89 bits per heavy atom. The van der Waals surface area contributed by atoms with Gasteiger partial charge in [0.1, 0.15) is 11.1 Å². The first-order valence-corrected chi connectivity index (χ1v) is 12.2. The number of thiophene rings is 1. The molecule has 1 unspecified atom stereocenters. The Balaban J connectivity index is 0.00000342. The summed E-state index contributed by atoms with van der Waals surface area (Å²) in [4.78, 5) is 52.6. The molecule has 2 fully saturated rings. The molecule has 2 aliphatic rings. The molecule has 2 amide bonds. The number of aryl methyl sites for hydroxylation is 1. The number of fused-ring (bicyclic) bond motifs is 1. The Morgan fingerprint density at radius 3 is 2.46 bits per heavy atom. The summed E-state index contributed by atoms with van der Waals surface area (Å²) in [6.07, 6.45) is 0. The predicted octanol–water partition coefficient (Wildman–Crippen LogP) is -1.98. The molecule has 0 saturated carbocycles. The second-order valence-electron chi connectivity index (χ2n) is 8.61. The summed E-state index contributed by atoms with van der Waals surface area (Å²) in [5.41, 5.74) is -0.695. The van der Waals surface area contributed by atoms with E-state index in [1.165, 1.54) is 30.2 Å². The number of methoxy groups -OCH3 is 1. The van der Waals surface area contributed by atoms with Crippen LogP contribution in [0.5, 0.6) is 5.75 Å². The number of carboxylic acid groups (broad SMARTS) is 1. The van der Waals surface area contributed by atoms with Crippen LogP contribution in [-0.2, 0) is 23.9 Å². The van der Waals surface area contributed by atoms with E-state index in [2.05, 4.69) is 5.32 Å². The van der Waals surface area contributed by atoms with Gasteiger partial charge in [-0.2, -0.15) is 11.3 Å². The largest absolute Gasteiger partial charge is 1.00 e. The first kappa shape index (κ1) is 27.7. The minimum Gasteiger partial charge on any atom is -0.548 e. The molecule has 0 bridgehead atoms. The number of hydrogen-bond donors (Lipinski definition) is 1. The molecular weight excluding hydrogens is 503 g/mol. The zero-order chi connectivity index (χ0) is 24.8. The number of β-lactam (4-membered cyclic amide) rings is 1. The summed E-state index contributed by atoms with van der Waals surface area (Å²) >= 11 is 2.49. The number of carbonyl (C=O) groups excluding carboxylic acids is 4. The average molecular weight is 527 g/mol. The van der Waals surface area contributed by atoms with Gasteiger partial charge in [-0.25, -0.2) is 0 Å². The Kier molecular flexibility index (Phi) is 8.10. The van der Waals surface area contributed by atoms with E-state index in [4.69, 9.17) is 9.47 Å². The zero-order valence-corrected chi connectivity index (χ0v) is 23.5. The van der Waals surface area contributed by atoms with Crippen LogP contribution in [0.25, 0.3) is 0 Å². The molecule has 180 valence electrons. The van der Waals surface area contributed by atoms with Crippen LogP contribution in [0.3, 0.4) is 0 Å². The second-order valence-corrected chi connectivity index (χ2v) is 11.1. The maximum Gasteiger partial charge on any atom is 1.00 e. The predicted molar refractivity (Wildman–Crippen MR) is 123 cm³/mol. The maximum atomic E-state index is 13.4. The molecule has 1 aromatic heterocycles. The van der Waals surface area contributed by atoms with Gasteiger partial charge in [0.15, 0.2) is 5.92 Å². The molecule has 0 aliphatic carbocycles. The molecule has 35 heavy (non-hydrogen) atoms. The minimum absolute atomic E-state index is 0. The van der Waals surface area contributed by atoms with Crippen molar-refractivity contribution in [3.8, 4) is 5.75 Å². The number of aliphatic carboxylic acids is 1. The fourth-order valence-corrected chi connectivity index (χ4v) is 6.65. The van der Waals surface area contributed by atoms with Crippen molar-refractivity contribution >= 4 is 46.9 Å². The van der Waals surface area contributed by atoms with E-state index in [9.17, 15) is 24.3 Å². The fraction of sp³-hybridized carbons (Fsp3) is 0.391. The molecular formula is C23H23N2NaO7S2. The average Bonchev–Trinajstić information content (AvgIpc) is 3.38. The van der Waals surface area contributed by atoms with Crippen LogP contribution in [0.1, 0.15) is 30.9 Å². The molecule has 0 radical (unpaired) electrons. The molecule has 12 heteroatoms. The standard InChI is InChI=1S/C23H24N2O7S2.Na/c1-12-7-5-6-8-14(12)32-19(29)15(13-9-10-33-11-13)17(26)24-23(31-4)20(30)25-16(18(27)28)22(2,3)34-21(23)25;/h5-11,15-16,21H,1-4H3,(H,24,26)(H,27,28);/q;+1/p-1/t15?,16-,21+,23-;/m0./s1. The number of amides is 2. The molecule has 1 aromatic carbocycles. The summed E-state index contributed by atoms with van der Waals surface area (Å²) < 4.78 is 10.1. The van der Waals surface area contributed by atoms with Gasteiger partial charge in [-0.1, -0.05) is 18.2 Å². The van der Waals surface area contributed by atoms with Crippen molar-refractivity contribution in [2.24, 2.45) is 0 Å². The van der Waals surface area contributed by atoms with Gasteiger partial charge in [-0.05, 0) is 54.8 Å². The van der Waals surface area contributed by atoms with Gasteiger partial charge in [0.2, 0.25) is 5.91 Å². The summed E-state index contributed by atoms with van der Waals surface area (Å²) in [5, 5.41) is 16.9. The van der Waals surface area contributed by atoms with Crippen LogP contribution in [0.2, 0.25) is 0 Å². The molecule has 9 nitrogen and oxygen atoms in total. The van der Waals surface area contributed by atoms with Gasteiger partial charge in [0, 0.05) is 11.9 Å². The van der Waals surface area contributed by atoms with Gasteiger partial charge in [0.25, 0.3) is 11.6 Å². The van der Waals surface area contributed by atoms with Crippen LogP contribution < -0.4 is 44.7 Å². The Labute approximate surface area is 232 Å². The van der Waals surface area contributed by atoms with Crippen LogP contribution >= 0.6 is 23.1 Å². The number of rotatable bonds is 7. The molecule has 4 atom stereocenters. The third kappa shape index (κ3) is 4.65. The molecule has 2 aromatic rings. The molecule has 1 N–H and O–H groups in total. The maximum absolute atomic E-state index is 13.4. The normalized spacial score (nSPS) is 25.0. The minimum atomic E-state index is -1.82. The van der Waals surface area contributed by atoms with Crippen LogP contribution in [0, 0.1) is 6.92 Å². The third-order valence-corrected chi connectivity index (χ3v) is 8.35. The molecule has 2 aliphatic heterocycles. The van der Waals surface area contributed by atoms with Gasteiger partial charge >= 0.3 is 35.5 Å². The molecule has 2 saturated heterocycles. The summed E-state index contributed by atoms with van der Waals surface area (Å²) in [6, 6.07) is 7.35. The number of para-hydroxylation sites is 1. The number of carbonyl (C=O) groups is 4. The van der Waals surface area contributed by atoms with Crippen molar-refractivity contribution in [1.29, 1.82) is 0 Å². The number of nitrogens with zero attached hydrogens (tertiary/aromatic N) is 1. The Morgan fingerprint density at radius 1 is 1.20 bits per heavy atom. The number of esters is 1. The van der Waals surface area contributed by atoms with Gasteiger partial charge in [0.05, 0.1) is 12.0 Å². The van der Waals surface area contributed by atoms with E-state index in [1.807, 2.05) is 0 Å². The van der Waals surface area contributed by atoms with Crippen molar-refractivity contribution in [3.63, 3.8) is 0 Å². The Hall–Kier alpha value is -1.89. The topological polar surface area (TPSA) is 125 Å². The van der Waals surface area contributed by atoms with Crippen molar-refractivity contribution in [1.82, 2.24) is 10.2 Å². The molecule has 4 rings (SSSR count). The summed E-state index contributed by atoms with van der Waals surface area (Å²) in [6.45, 7) is 5.13. The van der Waals surface area contributed by atoms with Gasteiger partial charge in [-0.15, -0.1) is 11.8 Å². The molecule has 0 spiro atoms. The number of thioether (sulfide) groups is 1. The Bertz CT molecular complexity index is 1160. The van der Waals surface area contributed by atoms with Gasteiger partial charge < -0.3 is 29.6 Å². The van der Waals surface area contributed by atoms with Crippen molar-refractivity contribution in [2.75, 3.05) is 7.11 Å². The first-order valence-electron chi connectivity index (χ1n) is 10.4. The van der Waals surface area contributed by atoms with Crippen LogP contribution in [-0.4, -0.2) is 57.7 Å². The number of nitrogens with one attached hydrogen (secondary N) is 1. The SMILES string of the molecule is CO[C@@]1(NC(=O)C(C(=O)Oc2ccccc2C)c2ccsc2)C(=O)N2[C@@H](C(=O)[O-])C(C)(C)S[C@@H]21.[Na+]. The van der Waals surface area contributed by atoms with E-state index in [0.717, 1.165) is 10.5 Å². The smallest absolute Gasteiger partial charge is 0.548 e. The van der Waals surface area contributed by atoms with E-state index in [-0.39, 0.29) is 29.6 Å². The zero-order valence-electron chi connectivity index (χ0n) is 19.9. The summed E-state index contributed by atoms with van der Waals surface area (Å²) in [7, 11) is 1.25. The number of benzene rings is 1. The van der Waals surface area contributed by atoms with Crippen molar-refractivity contribution < 1.29 is 63.3 Å². The number of hydrogen-bond acceptors (Lipinski definition) is 9. The quantitative estimate of drug-likeness (QED) is 0.110. The third-order valence-electron chi connectivity index (χ3n) is 6.04. The summed E-state index contributed by atoms with van der Waals surface area (Å²) in [5.74, 6) is -4.75.